The smallest absolute Gasteiger partial charge is 0.325 e. The number of nitrogens with one attached hydrogen (secondary N) is 2. The number of halogens is 1. The summed E-state index contributed by atoms with van der Waals surface area (Å²) in [6, 6.07) is 11.7. The van der Waals surface area contributed by atoms with Crippen molar-refractivity contribution in [3.63, 3.8) is 0 Å². The van der Waals surface area contributed by atoms with Gasteiger partial charge in [0.1, 0.15) is 17.8 Å². The molecule has 2 aromatic carbocycles. The molecular weight excluding hydrogens is 394 g/mol. The van der Waals surface area contributed by atoms with Gasteiger partial charge in [0, 0.05) is 11.1 Å². The van der Waals surface area contributed by atoms with E-state index >= 15 is 0 Å². The fraction of sp³-hybridized carbons (Fsp3) is 0.286. The molecule has 3 rings (SSSR count). The van der Waals surface area contributed by atoms with Crippen molar-refractivity contribution in [2.24, 2.45) is 0 Å². The highest BCUT2D eigenvalue weighted by Crippen LogP contribution is 2.33. The molecule has 0 aliphatic carbocycles. The van der Waals surface area contributed by atoms with Crippen molar-refractivity contribution in [2.45, 2.75) is 25.8 Å². The van der Waals surface area contributed by atoms with E-state index in [-0.39, 0.29) is 0 Å². The minimum atomic E-state index is -1.17. The lowest BCUT2D eigenvalue weighted by Gasteiger charge is -2.25. The average Bonchev–Trinajstić information content (AvgIpc) is 2.96. The van der Waals surface area contributed by atoms with Crippen LogP contribution in [0.5, 0.6) is 5.75 Å². The van der Waals surface area contributed by atoms with Crippen molar-refractivity contribution >= 4 is 35.1 Å². The minimum absolute atomic E-state index is 0.365. The molecule has 1 atom stereocenters. The molecule has 29 heavy (non-hydrogen) atoms. The number of amides is 4. The Hall–Kier alpha value is -3.06. The van der Waals surface area contributed by atoms with E-state index in [2.05, 4.69) is 10.6 Å². The van der Waals surface area contributed by atoms with Gasteiger partial charge < -0.3 is 15.4 Å². The van der Waals surface area contributed by atoms with Gasteiger partial charge in [-0.3, -0.25) is 14.5 Å². The van der Waals surface area contributed by atoms with Crippen molar-refractivity contribution in [2.75, 3.05) is 19.0 Å². The number of hydrogen-bond acceptors (Lipinski definition) is 4. The van der Waals surface area contributed by atoms with E-state index in [0.717, 1.165) is 10.5 Å². The van der Waals surface area contributed by atoms with Gasteiger partial charge in [-0.2, -0.15) is 0 Å². The van der Waals surface area contributed by atoms with Gasteiger partial charge in [0.2, 0.25) is 5.91 Å². The molecule has 0 saturated carbocycles. The van der Waals surface area contributed by atoms with Gasteiger partial charge in [0.25, 0.3) is 5.91 Å². The van der Waals surface area contributed by atoms with Gasteiger partial charge >= 0.3 is 6.03 Å². The van der Waals surface area contributed by atoms with Crippen LogP contribution >= 0.6 is 11.6 Å². The zero-order valence-corrected chi connectivity index (χ0v) is 17.2. The Morgan fingerprint density at radius 1 is 1.24 bits per heavy atom. The zero-order chi connectivity index (χ0) is 21.2. The number of hydrogen-bond donors (Lipinski definition) is 2. The average molecular weight is 416 g/mol. The monoisotopic (exact) mass is 415 g/mol. The Bertz CT molecular complexity index is 964. The molecule has 1 fully saturated rings. The Morgan fingerprint density at radius 2 is 1.93 bits per heavy atom. The summed E-state index contributed by atoms with van der Waals surface area (Å²) in [6.45, 7) is 3.20. The second-order valence-corrected chi connectivity index (χ2v) is 7.20. The molecule has 4 amide bonds. The summed E-state index contributed by atoms with van der Waals surface area (Å²) in [5.74, 6) is -0.586. The third kappa shape index (κ3) is 3.78. The predicted octanol–water partition coefficient (Wildman–Crippen LogP) is 3.45. The molecule has 2 N–H and O–H groups in total. The zero-order valence-electron chi connectivity index (χ0n) is 16.4. The SMILES string of the molecule is CCC1(c2ccccc2)NC(=O)N(CC(=O)Nc2cc(C)c(Cl)cc2OC)C1=O. The van der Waals surface area contributed by atoms with Crippen molar-refractivity contribution < 1.29 is 19.1 Å². The molecule has 152 valence electrons. The number of benzene rings is 2. The number of carbonyl (C=O) groups excluding carboxylic acids is 3. The van der Waals surface area contributed by atoms with Crippen molar-refractivity contribution in [1.82, 2.24) is 10.2 Å². The van der Waals surface area contributed by atoms with Crippen LogP contribution in [0.3, 0.4) is 0 Å². The fourth-order valence-corrected chi connectivity index (χ4v) is 3.55. The maximum absolute atomic E-state index is 13.1. The van der Waals surface area contributed by atoms with Crippen LogP contribution in [0.4, 0.5) is 10.5 Å². The second kappa shape index (κ2) is 8.13. The topological polar surface area (TPSA) is 87.7 Å². The highest BCUT2D eigenvalue weighted by molar-refractivity contribution is 6.31. The van der Waals surface area contributed by atoms with Crippen LogP contribution in [0, 0.1) is 6.92 Å². The number of methoxy groups -OCH3 is 1. The first-order valence-electron chi connectivity index (χ1n) is 9.16. The molecule has 8 heteroatoms. The van der Waals surface area contributed by atoms with Crippen LogP contribution in [0.25, 0.3) is 0 Å². The van der Waals surface area contributed by atoms with Gasteiger partial charge in [-0.25, -0.2) is 4.79 Å². The number of rotatable bonds is 6. The van der Waals surface area contributed by atoms with Gasteiger partial charge in [-0.1, -0.05) is 48.9 Å². The number of aryl methyl sites for hydroxylation is 1. The Kier molecular flexibility index (Phi) is 5.79. The standard InChI is InChI=1S/C21H22ClN3O4/c1-4-21(14-8-6-5-7-9-14)19(27)25(20(28)24-21)12-18(26)23-16-10-13(2)15(22)11-17(16)29-3/h5-11H,4,12H2,1-3H3,(H,23,26)(H,24,28). The van der Waals surface area contributed by atoms with Crippen LogP contribution in [0.15, 0.2) is 42.5 Å². The quantitative estimate of drug-likeness (QED) is 0.707. The number of anilines is 1. The van der Waals surface area contributed by atoms with Gasteiger partial charge in [0.15, 0.2) is 0 Å². The Balaban J connectivity index is 1.80. The molecule has 2 aromatic rings. The summed E-state index contributed by atoms with van der Waals surface area (Å²) in [4.78, 5) is 39.1. The van der Waals surface area contributed by atoms with Crippen LogP contribution in [0.2, 0.25) is 5.02 Å². The van der Waals surface area contributed by atoms with Crippen LogP contribution < -0.4 is 15.4 Å². The molecule has 0 spiro atoms. The molecule has 0 bridgehead atoms. The molecule has 1 aliphatic heterocycles. The Morgan fingerprint density at radius 3 is 2.55 bits per heavy atom. The van der Waals surface area contributed by atoms with Gasteiger partial charge in [-0.05, 0) is 30.5 Å². The molecule has 1 heterocycles. The number of carbonyl (C=O) groups is 3. The van der Waals surface area contributed by atoms with Crippen molar-refractivity contribution in [3.05, 3.63) is 58.6 Å². The first-order chi connectivity index (χ1) is 13.8. The summed E-state index contributed by atoms with van der Waals surface area (Å²) in [5.41, 5.74) is 0.676. The third-order valence-corrected chi connectivity index (χ3v) is 5.44. The Labute approximate surface area is 174 Å². The second-order valence-electron chi connectivity index (χ2n) is 6.80. The molecular formula is C21H22ClN3O4. The lowest BCUT2D eigenvalue weighted by atomic mass is 9.87. The van der Waals surface area contributed by atoms with Gasteiger partial charge in [0.05, 0.1) is 12.8 Å². The molecule has 0 radical (unpaired) electrons. The highest BCUT2D eigenvalue weighted by atomic mass is 35.5. The normalized spacial score (nSPS) is 18.6. The van der Waals surface area contributed by atoms with Crippen LogP contribution in [0.1, 0.15) is 24.5 Å². The molecule has 1 aliphatic rings. The first-order valence-corrected chi connectivity index (χ1v) is 9.53. The number of ether oxygens (including phenoxy) is 1. The summed E-state index contributed by atoms with van der Waals surface area (Å²) in [5, 5.41) is 5.95. The molecule has 1 unspecified atom stereocenters. The third-order valence-electron chi connectivity index (χ3n) is 5.03. The van der Waals surface area contributed by atoms with E-state index in [9.17, 15) is 14.4 Å². The maximum Gasteiger partial charge on any atom is 0.325 e. The summed E-state index contributed by atoms with van der Waals surface area (Å²) in [6.07, 6.45) is 0.365. The van der Waals surface area contributed by atoms with Gasteiger partial charge in [-0.15, -0.1) is 0 Å². The van der Waals surface area contributed by atoms with Crippen molar-refractivity contribution in [3.8, 4) is 5.75 Å². The fourth-order valence-electron chi connectivity index (χ4n) is 3.39. The van der Waals surface area contributed by atoms with E-state index < -0.39 is 29.9 Å². The largest absolute Gasteiger partial charge is 0.495 e. The first kappa shape index (κ1) is 20.7. The predicted molar refractivity (Wildman–Crippen MR) is 110 cm³/mol. The molecule has 1 saturated heterocycles. The van der Waals surface area contributed by atoms with E-state index in [1.807, 2.05) is 13.0 Å². The van der Waals surface area contributed by atoms with Crippen LogP contribution in [-0.2, 0) is 15.1 Å². The van der Waals surface area contributed by atoms with E-state index in [0.29, 0.717) is 28.4 Å². The van der Waals surface area contributed by atoms with E-state index in [1.165, 1.54) is 7.11 Å². The number of imide groups is 1. The van der Waals surface area contributed by atoms with Crippen LogP contribution in [-0.4, -0.2) is 36.4 Å². The van der Waals surface area contributed by atoms with E-state index in [4.69, 9.17) is 16.3 Å². The summed E-state index contributed by atoms with van der Waals surface area (Å²) < 4.78 is 5.24. The maximum atomic E-state index is 13.1. The van der Waals surface area contributed by atoms with E-state index in [1.54, 1.807) is 43.3 Å². The highest BCUT2D eigenvalue weighted by Gasteiger charge is 2.51. The number of nitrogens with zero attached hydrogens (tertiary/aromatic N) is 1. The lowest BCUT2D eigenvalue weighted by molar-refractivity contribution is -0.134. The van der Waals surface area contributed by atoms with Crippen molar-refractivity contribution in [1.29, 1.82) is 0 Å². The lowest BCUT2D eigenvalue weighted by Crippen LogP contribution is -2.44. The summed E-state index contributed by atoms with van der Waals surface area (Å²) in [7, 11) is 1.46. The molecule has 7 nitrogen and oxygen atoms in total. The summed E-state index contributed by atoms with van der Waals surface area (Å²) >= 11 is 6.08. The molecule has 0 aromatic heterocycles. The minimum Gasteiger partial charge on any atom is -0.495 e. The number of urea groups is 1.